The number of rotatable bonds is 4. The van der Waals surface area contributed by atoms with Crippen LogP contribution in [-0.2, 0) is 10.2 Å². The van der Waals surface area contributed by atoms with Gasteiger partial charge in [-0.2, -0.15) is 0 Å². The highest BCUT2D eigenvalue weighted by molar-refractivity contribution is 6.33. The van der Waals surface area contributed by atoms with E-state index < -0.39 is 5.41 Å². The standard InChI is InChI=1S/C19H15ClO3/c1-12(21)10-11-19(13-6-8-14(20)9-7-13)17(22)15-4-2-3-5-16(15)18(19)23/h2-9H,10-11H2,1H3. The molecule has 0 fully saturated rings. The summed E-state index contributed by atoms with van der Waals surface area (Å²) in [5, 5.41) is 0.533. The van der Waals surface area contributed by atoms with Crippen LogP contribution in [0.15, 0.2) is 48.5 Å². The minimum atomic E-state index is -1.32. The lowest BCUT2D eigenvalue weighted by Gasteiger charge is -2.26. The van der Waals surface area contributed by atoms with E-state index in [2.05, 4.69) is 0 Å². The first-order valence-electron chi connectivity index (χ1n) is 7.41. The molecule has 116 valence electrons. The number of fused-ring (bicyclic) bond motifs is 1. The number of hydrogen-bond donors (Lipinski definition) is 0. The van der Waals surface area contributed by atoms with Crippen LogP contribution >= 0.6 is 11.6 Å². The maximum Gasteiger partial charge on any atom is 0.181 e. The van der Waals surface area contributed by atoms with Gasteiger partial charge < -0.3 is 4.79 Å². The predicted octanol–water partition coefficient (Wildman–Crippen LogP) is 4.03. The first-order valence-corrected chi connectivity index (χ1v) is 7.79. The Morgan fingerprint density at radius 2 is 1.48 bits per heavy atom. The summed E-state index contributed by atoms with van der Waals surface area (Å²) in [4.78, 5) is 37.6. The van der Waals surface area contributed by atoms with Gasteiger partial charge in [0.05, 0.1) is 0 Å². The smallest absolute Gasteiger partial charge is 0.181 e. The molecule has 0 saturated carbocycles. The zero-order chi connectivity index (χ0) is 16.6. The van der Waals surface area contributed by atoms with Crippen molar-refractivity contribution in [1.82, 2.24) is 0 Å². The summed E-state index contributed by atoms with van der Waals surface area (Å²) in [6.07, 6.45) is 0.352. The summed E-state index contributed by atoms with van der Waals surface area (Å²) in [5.41, 5.74) is 0.126. The molecule has 0 aliphatic heterocycles. The Labute approximate surface area is 139 Å². The molecule has 3 nitrogen and oxygen atoms in total. The van der Waals surface area contributed by atoms with Crippen molar-refractivity contribution < 1.29 is 14.4 Å². The summed E-state index contributed by atoms with van der Waals surface area (Å²) in [6.45, 7) is 1.46. The average molecular weight is 327 g/mol. The van der Waals surface area contributed by atoms with Gasteiger partial charge in [-0.15, -0.1) is 0 Å². The van der Waals surface area contributed by atoms with E-state index in [1.165, 1.54) is 6.92 Å². The van der Waals surface area contributed by atoms with Crippen molar-refractivity contribution in [3.8, 4) is 0 Å². The van der Waals surface area contributed by atoms with Gasteiger partial charge in [0.25, 0.3) is 0 Å². The van der Waals surface area contributed by atoms with Gasteiger partial charge in [0.15, 0.2) is 11.6 Å². The number of ketones is 3. The molecule has 0 heterocycles. The molecule has 0 spiro atoms. The fourth-order valence-corrected chi connectivity index (χ4v) is 3.30. The van der Waals surface area contributed by atoms with Crippen molar-refractivity contribution in [1.29, 1.82) is 0 Å². The number of carbonyl (C=O) groups is 3. The van der Waals surface area contributed by atoms with Crippen molar-refractivity contribution in [2.75, 3.05) is 0 Å². The van der Waals surface area contributed by atoms with E-state index in [9.17, 15) is 14.4 Å². The van der Waals surface area contributed by atoms with Gasteiger partial charge >= 0.3 is 0 Å². The first-order chi connectivity index (χ1) is 11.0. The summed E-state index contributed by atoms with van der Waals surface area (Å²) in [6, 6.07) is 13.5. The largest absolute Gasteiger partial charge is 0.300 e. The molecule has 1 aliphatic rings. The second-order valence-corrected chi connectivity index (χ2v) is 6.25. The molecule has 3 rings (SSSR count). The van der Waals surface area contributed by atoms with Crippen LogP contribution in [0.5, 0.6) is 0 Å². The molecule has 1 aliphatic carbocycles. The zero-order valence-electron chi connectivity index (χ0n) is 12.6. The van der Waals surface area contributed by atoms with E-state index in [1.807, 2.05) is 0 Å². The Kier molecular flexibility index (Phi) is 3.90. The van der Waals surface area contributed by atoms with E-state index in [1.54, 1.807) is 48.5 Å². The molecule has 2 aromatic carbocycles. The zero-order valence-corrected chi connectivity index (χ0v) is 13.4. The number of benzene rings is 2. The summed E-state index contributed by atoms with van der Waals surface area (Å²) in [5.74, 6) is -0.516. The topological polar surface area (TPSA) is 51.2 Å². The highest BCUT2D eigenvalue weighted by atomic mass is 35.5. The van der Waals surface area contributed by atoms with Crippen molar-refractivity contribution in [2.24, 2.45) is 0 Å². The van der Waals surface area contributed by atoms with Crippen LogP contribution in [0.25, 0.3) is 0 Å². The maximum atomic E-state index is 13.1. The van der Waals surface area contributed by atoms with Crippen molar-refractivity contribution in [3.05, 3.63) is 70.2 Å². The second kappa shape index (κ2) is 5.74. The van der Waals surface area contributed by atoms with Gasteiger partial charge in [-0.05, 0) is 31.0 Å². The Morgan fingerprint density at radius 1 is 0.957 bits per heavy atom. The molecule has 0 bridgehead atoms. The number of Topliss-reactive ketones (excluding diaryl/α,β-unsaturated/α-hetero) is 3. The minimum absolute atomic E-state index is 0.0464. The molecule has 0 atom stereocenters. The summed E-state index contributed by atoms with van der Waals surface area (Å²) < 4.78 is 0. The highest BCUT2D eigenvalue weighted by Gasteiger charge is 2.53. The van der Waals surface area contributed by atoms with Crippen LogP contribution in [0.4, 0.5) is 0 Å². The first kappa shape index (κ1) is 15.6. The Balaban J connectivity index is 2.18. The van der Waals surface area contributed by atoms with E-state index >= 15 is 0 Å². The van der Waals surface area contributed by atoms with Crippen LogP contribution in [-0.4, -0.2) is 17.3 Å². The molecule has 23 heavy (non-hydrogen) atoms. The second-order valence-electron chi connectivity index (χ2n) is 5.82. The lowest BCUT2D eigenvalue weighted by atomic mass is 9.72. The molecular weight excluding hydrogens is 312 g/mol. The van der Waals surface area contributed by atoms with Gasteiger partial charge in [0.2, 0.25) is 0 Å². The third-order valence-electron chi connectivity index (χ3n) is 4.38. The van der Waals surface area contributed by atoms with Gasteiger partial charge in [-0.25, -0.2) is 0 Å². The van der Waals surface area contributed by atoms with Crippen molar-refractivity contribution in [2.45, 2.75) is 25.2 Å². The van der Waals surface area contributed by atoms with Crippen molar-refractivity contribution >= 4 is 29.0 Å². The third kappa shape index (κ3) is 2.41. The van der Waals surface area contributed by atoms with Gasteiger partial charge in [-0.1, -0.05) is 48.0 Å². The SMILES string of the molecule is CC(=O)CCC1(c2ccc(Cl)cc2)C(=O)c2ccccc2C1=O. The molecule has 0 unspecified atom stereocenters. The van der Waals surface area contributed by atoms with Gasteiger partial charge in [-0.3, -0.25) is 9.59 Å². The Hall–Kier alpha value is -2.26. The normalized spacial score (nSPS) is 15.6. The van der Waals surface area contributed by atoms with Gasteiger partial charge in [0, 0.05) is 22.6 Å². The van der Waals surface area contributed by atoms with E-state index in [-0.39, 0.29) is 30.2 Å². The number of carbonyl (C=O) groups excluding carboxylic acids is 3. The Bertz CT molecular complexity index is 771. The predicted molar refractivity (Wildman–Crippen MR) is 88.1 cm³/mol. The fourth-order valence-electron chi connectivity index (χ4n) is 3.17. The number of hydrogen-bond acceptors (Lipinski definition) is 3. The van der Waals surface area contributed by atoms with E-state index in [0.717, 1.165) is 0 Å². The average Bonchev–Trinajstić information content (AvgIpc) is 2.76. The molecule has 2 aromatic rings. The Morgan fingerprint density at radius 3 is 1.96 bits per heavy atom. The van der Waals surface area contributed by atoms with Crippen LogP contribution in [0.2, 0.25) is 5.02 Å². The summed E-state index contributed by atoms with van der Waals surface area (Å²) >= 11 is 5.93. The van der Waals surface area contributed by atoms with Gasteiger partial charge in [0.1, 0.15) is 11.2 Å². The molecule has 0 radical (unpaired) electrons. The van der Waals surface area contributed by atoms with Crippen LogP contribution < -0.4 is 0 Å². The molecule has 0 saturated heterocycles. The molecular formula is C19H15ClO3. The lowest BCUT2D eigenvalue weighted by Crippen LogP contribution is -2.38. The third-order valence-corrected chi connectivity index (χ3v) is 4.63. The molecule has 0 aromatic heterocycles. The quantitative estimate of drug-likeness (QED) is 0.797. The van der Waals surface area contributed by atoms with Crippen LogP contribution in [0.1, 0.15) is 46.0 Å². The van der Waals surface area contributed by atoms with E-state index in [0.29, 0.717) is 21.7 Å². The monoisotopic (exact) mass is 326 g/mol. The number of halogens is 1. The molecule has 0 N–H and O–H groups in total. The highest BCUT2D eigenvalue weighted by Crippen LogP contribution is 2.43. The lowest BCUT2D eigenvalue weighted by molar-refractivity contribution is -0.117. The summed E-state index contributed by atoms with van der Waals surface area (Å²) in [7, 11) is 0. The van der Waals surface area contributed by atoms with E-state index in [4.69, 9.17) is 11.6 Å². The fraction of sp³-hybridized carbons (Fsp3) is 0.211. The maximum absolute atomic E-state index is 13.1. The molecule has 0 amide bonds. The molecule has 4 heteroatoms. The van der Waals surface area contributed by atoms with Crippen LogP contribution in [0, 0.1) is 0 Å². The van der Waals surface area contributed by atoms with Crippen LogP contribution in [0.3, 0.4) is 0 Å². The van der Waals surface area contributed by atoms with Crippen molar-refractivity contribution in [3.63, 3.8) is 0 Å². The minimum Gasteiger partial charge on any atom is -0.300 e.